The molecule has 28 heteroatoms. The van der Waals surface area contributed by atoms with Crippen LogP contribution in [0.5, 0.6) is 0 Å². The molecular weight excluding hydrogens is 1220 g/mol. The van der Waals surface area contributed by atoms with E-state index in [1.165, 1.54) is 9.80 Å². The molecule has 0 atom stereocenters. The molecule has 0 unspecified atom stereocenters. The van der Waals surface area contributed by atoms with Gasteiger partial charge in [0.25, 0.3) is 25.9 Å². The number of carboxylic acid groups (broad SMARTS) is 4. The zero-order valence-electron chi connectivity index (χ0n) is 50.4. The number of fused-ring (bicyclic) bond motifs is 6. The van der Waals surface area contributed by atoms with Crippen LogP contribution in [0, 0.1) is 0 Å². The highest BCUT2D eigenvalue weighted by Crippen LogP contribution is 2.36. The molecule has 0 aliphatic rings. The van der Waals surface area contributed by atoms with Gasteiger partial charge in [-0.2, -0.15) is 0 Å². The normalized spacial score (nSPS) is 11.3. The van der Waals surface area contributed by atoms with Crippen molar-refractivity contribution in [2.75, 3.05) is 65.4 Å². The van der Waals surface area contributed by atoms with E-state index in [1.54, 1.807) is 51.6 Å². The number of nitrogen functional groups attached to an aromatic ring is 1. The van der Waals surface area contributed by atoms with Gasteiger partial charge in [-0.05, 0) is 107 Å². The highest BCUT2D eigenvalue weighted by Gasteiger charge is 2.25. The number of pyridine rings is 2. The summed E-state index contributed by atoms with van der Waals surface area (Å²) in [5.41, 5.74) is 14.6. The minimum atomic E-state index is -1.38. The average molecular weight is 1290 g/mol. The maximum Gasteiger partial charge on any atom is 0.323 e. The fourth-order valence-electron chi connectivity index (χ4n) is 11.3. The van der Waals surface area contributed by atoms with Crippen LogP contribution in [0.4, 0.5) is 5.69 Å². The summed E-state index contributed by atoms with van der Waals surface area (Å²) in [5.74, 6) is -6.41. The minimum Gasteiger partial charge on any atom is -0.480 e. The Morgan fingerprint density at radius 2 is 0.787 bits per heavy atom. The first-order chi connectivity index (χ1) is 45.4. The molecule has 0 saturated carbocycles. The lowest BCUT2D eigenvalue weighted by Gasteiger charge is -2.25. The molecule has 0 saturated heterocycles. The van der Waals surface area contributed by atoms with Gasteiger partial charge < -0.3 is 59.1 Å². The molecule has 0 spiro atoms. The Hall–Kier alpha value is -11.6. The molecule has 5 aromatic carbocycles. The number of para-hydroxylation sites is 2. The topological polar surface area (TPSA) is 366 Å². The van der Waals surface area contributed by atoms with E-state index >= 15 is 0 Å². The van der Waals surface area contributed by atoms with E-state index in [0.717, 1.165) is 31.5 Å². The third kappa shape index (κ3) is 17.2. The summed E-state index contributed by atoms with van der Waals surface area (Å²) in [6.07, 6.45) is 0.493. The number of nitrogens with zero attached hydrogens (tertiary/aromatic N) is 9. The molecular formula is C66H64N10O18. The van der Waals surface area contributed by atoms with Crippen LogP contribution < -0.4 is 5.73 Å². The van der Waals surface area contributed by atoms with E-state index in [2.05, 4.69) is 4.90 Å². The molecule has 0 aliphatic heterocycles. The van der Waals surface area contributed by atoms with Gasteiger partial charge in [0.2, 0.25) is 11.8 Å². The van der Waals surface area contributed by atoms with Gasteiger partial charge >= 0.3 is 23.9 Å². The lowest BCUT2D eigenvalue weighted by molar-refractivity contribution is -0.153. The number of hydrogen-bond donors (Lipinski definition) is 5. The number of aromatic nitrogens is 4. The van der Waals surface area contributed by atoms with E-state index in [4.69, 9.17) is 34.6 Å². The third-order valence-corrected chi connectivity index (χ3v) is 15.2. The van der Waals surface area contributed by atoms with Crippen molar-refractivity contribution in [2.24, 2.45) is 0 Å². The largest absolute Gasteiger partial charge is 0.480 e. The van der Waals surface area contributed by atoms with Crippen molar-refractivity contribution < 1.29 is 87.3 Å². The SMILES string of the molecule is Nc1ccc(CCN(Cc2cc(-c3ccc4c(c3)c3ccccc3n4CC(=O)N(COC=O)COC=O)cc(CN(COC=O)CC(=O)O)n2)Cc2cc(-c3ccc4c(c3)c3ccccc3n4CC(=O)N(CC(=O)O)CC(=O)O)cc(CN(COC=O)CC(=O)O)n2)cc1. The molecule has 9 rings (SSSR count). The molecule has 6 N–H and O–H groups in total. The maximum atomic E-state index is 13.8. The molecule has 94 heavy (non-hydrogen) atoms. The van der Waals surface area contributed by atoms with Gasteiger partial charge in [0.05, 0.1) is 35.9 Å². The van der Waals surface area contributed by atoms with Gasteiger partial charge in [0.1, 0.15) is 39.6 Å². The van der Waals surface area contributed by atoms with Crippen LogP contribution in [0.1, 0.15) is 28.3 Å². The third-order valence-electron chi connectivity index (χ3n) is 15.2. The zero-order valence-corrected chi connectivity index (χ0v) is 50.4. The molecule has 486 valence electrons. The Morgan fingerprint density at radius 3 is 1.19 bits per heavy atom. The van der Waals surface area contributed by atoms with E-state index in [1.807, 2.05) is 91.0 Å². The number of benzene rings is 5. The quantitative estimate of drug-likeness (QED) is 0.0148. The first-order valence-corrected chi connectivity index (χ1v) is 29.1. The van der Waals surface area contributed by atoms with Crippen molar-refractivity contribution in [3.8, 4) is 22.3 Å². The number of aliphatic carboxylic acids is 4. The molecule has 2 amide bonds. The Kier molecular flexibility index (Phi) is 22.3. The first-order valence-electron chi connectivity index (χ1n) is 29.1. The van der Waals surface area contributed by atoms with E-state index < -0.39 is 75.3 Å². The van der Waals surface area contributed by atoms with Crippen LogP contribution in [0.25, 0.3) is 65.9 Å². The van der Waals surface area contributed by atoms with E-state index in [0.29, 0.717) is 91.1 Å². The van der Waals surface area contributed by atoms with Gasteiger partial charge in [-0.1, -0.05) is 60.7 Å². The molecule has 9 aromatic rings. The summed E-state index contributed by atoms with van der Waals surface area (Å²) in [4.78, 5) is 137. The van der Waals surface area contributed by atoms with Crippen molar-refractivity contribution in [1.82, 2.24) is 43.6 Å². The monoisotopic (exact) mass is 1280 g/mol. The number of ether oxygens (including phenoxy) is 4. The lowest BCUT2D eigenvalue weighted by Crippen LogP contribution is -2.41. The highest BCUT2D eigenvalue weighted by atomic mass is 16.6. The Bertz CT molecular complexity index is 4280. The predicted octanol–water partition coefficient (Wildman–Crippen LogP) is 4.98. The van der Waals surface area contributed by atoms with E-state index in [-0.39, 0.29) is 78.6 Å². The number of nitrogens with two attached hydrogens (primary N) is 1. The summed E-state index contributed by atoms with van der Waals surface area (Å²) in [6, 6.07) is 40.6. The molecule has 0 bridgehead atoms. The molecule has 4 heterocycles. The minimum absolute atomic E-state index is 0.0882. The zero-order chi connectivity index (χ0) is 66.8. The number of amides is 2. The second-order valence-corrected chi connectivity index (χ2v) is 21.9. The molecule has 0 fully saturated rings. The summed E-state index contributed by atoms with van der Waals surface area (Å²) >= 11 is 0. The van der Waals surface area contributed by atoms with Gasteiger partial charge in [0.15, 0.2) is 13.5 Å². The van der Waals surface area contributed by atoms with Gasteiger partial charge in [0, 0.05) is 82.0 Å². The van der Waals surface area contributed by atoms with Crippen LogP contribution in [-0.4, -0.2) is 185 Å². The van der Waals surface area contributed by atoms with Crippen LogP contribution in [0.3, 0.4) is 0 Å². The number of carbonyl (C=O) groups excluding carboxylic acids is 6. The fourth-order valence-corrected chi connectivity index (χ4v) is 11.3. The molecule has 28 nitrogen and oxygen atoms in total. The van der Waals surface area contributed by atoms with Crippen molar-refractivity contribution in [2.45, 2.75) is 45.7 Å². The smallest absolute Gasteiger partial charge is 0.323 e. The van der Waals surface area contributed by atoms with Gasteiger partial charge in [-0.15, -0.1) is 0 Å². The van der Waals surface area contributed by atoms with Crippen LogP contribution in [0.15, 0.2) is 133 Å². The number of carbonyl (C=O) groups is 10. The molecule has 0 radical (unpaired) electrons. The van der Waals surface area contributed by atoms with Crippen molar-refractivity contribution in [1.29, 1.82) is 0 Å². The number of hydrogen-bond acceptors (Lipinski definition) is 20. The number of anilines is 1. The van der Waals surface area contributed by atoms with Crippen molar-refractivity contribution in [3.05, 3.63) is 162 Å². The summed E-state index contributed by atoms with van der Waals surface area (Å²) in [6.45, 7) is -3.78. The Balaban J connectivity index is 1.15. The van der Waals surface area contributed by atoms with Crippen LogP contribution in [-0.2, 0) is 113 Å². The van der Waals surface area contributed by atoms with Crippen molar-refractivity contribution >= 4 is 111 Å². The number of carboxylic acids is 4. The lowest BCUT2D eigenvalue weighted by atomic mass is 10.0. The molecule has 0 aliphatic carbocycles. The Labute approximate surface area is 535 Å². The van der Waals surface area contributed by atoms with Gasteiger partial charge in [-0.25, -0.2) is 0 Å². The summed E-state index contributed by atoms with van der Waals surface area (Å²) in [7, 11) is 0. The summed E-state index contributed by atoms with van der Waals surface area (Å²) < 4.78 is 23.3. The average Bonchev–Trinajstić information content (AvgIpc) is 1.60. The van der Waals surface area contributed by atoms with E-state index in [9.17, 15) is 68.4 Å². The number of rotatable bonds is 37. The second kappa shape index (κ2) is 31.4. The highest BCUT2D eigenvalue weighted by molar-refractivity contribution is 6.11. The second-order valence-electron chi connectivity index (χ2n) is 21.9. The van der Waals surface area contributed by atoms with Crippen LogP contribution >= 0.6 is 0 Å². The molecule has 4 aromatic heterocycles. The van der Waals surface area contributed by atoms with Crippen molar-refractivity contribution in [3.63, 3.8) is 0 Å². The predicted molar refractivity (Wildman–Crippen MR) is 337 cm³/mol. The van der Waals surface area contributed by atoms with Crippen LogP contribution in [0.2, 0.25) is 0 Å². The fraction of sp³-hybridized carbons (Fsp3) is 0.242. The Morgan fingerprint density at radius 1 is 0.415 bits per heavy atom. The van der Waals surface area contributed by atoms with Gasteiger partial charge in [-0.3, -0.25) is 77.5 Å². The first kappa shape index (κ1) is 66.8. The summed E-state index contributed by atoms with van der Waals surface area (Å²) in [5, 5.41) is 41.9. The maximum absolute atomic E-state index is 13.8. The standard InChI is InChI=1S/C66H64N10O18/c67-48-13-9-43(10-14-48)17-18-70(25-49-19-46(21-51(68-49)27-71(31-63(83)84)35-91-39-77)44-11-15-59-55(23-44)53-5-1-3-7-57(53)75(59)29-61(81)73(33-65(87)88)34-66(89)90)26-50-20-47(22-52(69-50)28-72(32-64(85)86)36-92-40-78)45-12-16-60-56(24-45)54-6-2-4-8-58(54)76(60)30-62(82)74(37-93-41-79)38-94-42-80/h1-16,19-24,39-42H,17-18,25-38,67H2,(H,83,84)(H,85,86)(H,87,88)(H,89,90).